The minimum Gasteiger partial charge on any atom is -0.394 e. The monoisotopic (exact) mass is 390 g/mol. The zero-order chi connectivity index (χ0) is 20.3. The van der Waals surface area contributed by atoms with E-state index in [1.165, 1.54) is 64.2 Å². The topological polar surface area (TPSA) is 107 Å². The predicted molar refractivity (Wildman–Crippen MR) is 106 cm³/mol. The standard InChI is InChI=1S/C21H42O6/c1-2-3-4-5-6-7-8-9-10-11-12-13-14-15-16-18(21(25)27-26)20(24)19(23)17-22/h18-20,22-24,26H,2-17H2,1H3. The molecule has 0 saturated carbocycles. The molecule has 0 aliphatic carbocycles. The second kappa shape index (κ2) is 18.7. The van der Waals surface area contributed by atoms with Crippen molar-refractivity contribution in [2.45, 2.75) is 115 Å². The van der Waals surface area contributed by atoms with E-state index in [2.05, 4.69) is 11.8 Å². The van der Waals surface area contributed by atoms with Crippen LogP contribution in [0.25, 0.3) is 0 Å². The normalized spacial score (nSPS) is 14.7. The van der Waals surface area contributed by atoms with Crippen LogP contribution in [0.2, 0.25) is 0 Å². The molecule has 0 heterocycles. The molecule has 0 fully saturated rings. The van der Waals surface area contributed by atoms with Crippen LogP contribution in [0.15, 0.2) is 0 Å². The Morgan fingerprint density at radius 3 is 1.56 bits per heavy atom. The third kappa shape index (κ3) is 14.0. The molecule has 0 aromatic rings. The van der Waals surface area contributed by atoms with Gasteiger partial charge in [-0.2, -0.15) is 5.26 Å². The molecule has 162 valence electrons. The van der Waals surface area contributed by atoms with Crippen molar-refractivity contribution in [1.82, 2.24) is 0 Å². The lowest BCUT2D eigenvalue weighted by Gasteiger charge is -2.23. The molecule has 0 aliphatic rings. The van der Waals surface area contributed by atoms with Crippen molar-refractivity contribution < 1.29 is 30.3 Å². The third-order valence-corrected chi connectivity index (χ3v) is 5.25. The van der Waals surface area contributed by atoms with E-state index in [-0.39, 0.29) is 0 Å². The lowest BCUT2D eigenvalue weighted by molar-refractivity contribution is -0.244. The van der Waals surface area contributed by atoms with E-state index in [1.807, 2.05) is 0 Å². The van der Waals surface area contributed by atoms with Gasteiger partial charge in [0.25, 0.3) is 0 Å². The van der Waals surface area contributed by atoms with Gasteiger partial charge in [0.2, 0.25) is 0 Å². The van der Waals surface area contributed by atoms with Crippen LogP contribution in [-0.4, -0.2) is 45.4 Å². The molecule has 3 unspecified atom stereocenters. The second-order valence-corrected chi connectivity index (χ2v) is 7.64. The summed E-state index contributed by atoms with van der Waals surface area (Å²) in [6.07, 6.45) is 14.6. The Labute approximate surface area is 164 Å². The quantitative estimate of drug-likeness (QED) is 0.150. The number of carbonyl (C=O) groups excluding carboxylic acids is 1. The summed E-state index contributed by atoms with van der Waals surface area (Å²) in [5.74, 6) is -1.99. The van der Waals surface area contributed by atoms with Gasteiger partial charge in [0.1, 0.15) is 6.10 Å². The molecule has 0 amide bonds. The van der Waals surface area contributed by atoms with Gasteiger partial charge in [-0.25, -0.2) is 4.79 Å². The molecule has 0 aromatic carbocycles. The summed E-state index contributed by atoms with van der Waals surface area (Å²) in [4.78, 5) is 15.2. The summed E-state index contributed by atoms with van der Waals surface area (Å²) in [6, 6.07) is 0. The minimum absolute atomic E-state index is 0.315. The molecule has 0 radical (unpaired) electrons. The van der Waals surface area contributed by atoms with Crippen molar-refractivity contribution >= 4 is 5.97 Å². The van der Waals surface area contributed by atoms with Gasteiger partial charge in [0.05, 0.1) is 18.6 Å². The lowest BCUT2D eigenvalue weighted by Crippen LogP contribution is -2.40. The van der Waals surface area contributed by atoms with Crippen molar-refractivity contribution in [2.24, 2.45) is 5.92 Å². The van der Waals surface area contributed by atoms with Gasteiger partial charge in [-0.3, -0.25) is 0 Å². The first-order chi connectivity index (χ1) is 13.1. The van der Waals surface area contributed by atoms with Crippen LogP contribution in [0.3, 0.4) is 0 Å². The summed E-state index contributed by atoms with van der Waals surface area (Å²) in [6.45, 7) is 1.60. The minimum atomic E-state index is -1.43. The second-order valence-electron chi connectivity index (χ2n) is 7.64. The Bertz CT molecular complexity index is 337. The largest absolute Gasteiger partial charge is 0.394 e. The summed E-state index contributed by atoms with van der Waals surface area (Å²) < 4.78 is 0. The molecule has 6 heteroatoms. The summed E-state index contributed by atoms with van der Waals surface area (Å²) >= 11 is 0. The van der Waals surface area contributed by atoms with Crippen molar-refractivity contribution in [3.8, 4) is 0 Å². The Kier molecular flexibility index (Phi) is 18.2. The fourth-order valence-electron chi connectivity index (χ4n) is 3.43. The van der Waals surface area contributed by atoms with Crippen molar-refractivity contribution in [1.29, 1.82) is 0 Å². The maximum absolute atomic E-state index is 11.5. The highest BCUT2D eigenvalue weighted by atomic mass is 17.1. The van der Waals surface area contributed by atoms with Crippen LogP contribution in [0.1, 0.15) is 103 Å². The molecular weight excluding hydrogens is 348 g/mol. The molecular formula is C21H42O6. The number of rotatable bonds is 19. The molecule has 0 aromatic heterocycles. The van der Waals surface area contributed by atoms with Gasteiger partial charge in [-0.1, -0.05) is 96.8 Å². The Balaban J connectivity index is 3.61. The van der Waals surface area contributed by atoms with Gasteiger partial charge in [0.15, 0.2) is 0 Å². The highest BCUT2D eigenvalue weighted by molar-refractivity contribution is 5.72. The fraction of sp³-hybridized carbons (Fsp3) is 0.952. The molecule has 27 heavy (non-hydrogen) atoms. The first-order valence-corrected chi connectivity index (χ1v) is 10.9. The van der Waals surface area contributed by atoms with E-state index in [0.717, 1.165) is 19.3 Å². The van der Waals surface area contributed by atoms with Gasteiger partial charge in [-0.05, 0) is 6.42 Å². The van der Waals surface area contributed by atoms with Gasteiger partial charge >= 0.3 is 5.97 Å². The molecule has 4 N–H and O–H groups in total. The number of aliphatic hydroxyl groups is 3. The molecule has 6 nitrogen and oxygen atoms in total. The van der Waals surface area contributed by atoms with Crippen LogP contribution in [0, 0.1) is 5.92 Å². The van der Waals surface area contributed by atoms with Crippen LogP contribution >= 0.6 is 0 Å². The van der Waals surface area contributed by atoms with E-state index < -0.39 is 30.7 Å². The van der Waals surface area contributed by atoms with Crippen LogP contribution < -0.4 is 0 Å². The van der Waals surface area contributed by atoms with E-state index in [0.29, 0.717) is 12.8 Å². The number of carbonyl (C=O) groups is 1. The Morgan fingerprint density at radius 2 is 1.19 bits per heavy atom. The number of aliphatic hydroxyl groups excluding tert-OH is 3. The van der Waals surface area contributed by atoms with Gasteiger partial charge in [-0.15, -0.1) is 0 Å². The molecule has 0 aliphatic heterocycles. The summed E-state index contributed by atoms with van der Waals surface area (Å²) in [5.41, 5.74) is 0. The molecule has 0 bridgehead atoms. The average molecular weight is 391 g/mol. The number of hydrogen-bond acceptors (Lipinski definition) is 6. The first kappa shape index (κ1) is 26.3. The summed E-state index contributed by atoms with van der Waals surface area (Å²) in [7, 11) is 0. The molecule has 0 rings (SSSR count). The fourth-order valence-corrected chi connectivity index (χ4v) is 3.43. The molecule has 0 saturated heterocycles. The van der Waals surface area contributed by atoms with Crippen LogP contribution in [0.5, 0.6) is 0 Å². The smallest absolute Gasteiger partial charge is 0.347 e. The van der Waals surface area contributed by atoms with Crippen molar-refractivity contribution in [2.75, 3.05) is 6.61 Å². The maximum Gasteiger partial charge on any atom is 0.347 e. The van der Waals surface area contributed by atoms with E-state index in [1.54, 1.807) is 0 Å². The average Bonchev–Trinajstić information content (AvgIpc) is 2.69. The maximum atomic E-state index is 11.5. The van der Waals surface area contributed by atoms with Crippen molar-refractivity contribution in [3.63, 3.8) is 0 Å². The summed E-state index contributed by atoms with van der Waals surface area (Å²) in [5, 5.41) is 36.7. The van der Waals surface area contributed by atoms with E-state index in [4.69, 9.17) is 10.4 Å². The lowest BCUT2D eigenvalue weighted by atomic mass is 9.92. The van der Waals surface area contributed by atoms with Crippen molar-refractivity contribution in [3.05, 3.63) is 0 Å². The zero-order valence-corrected chi connectivity index (χ0v) is 17.2. The Hall–Kier alpha value is -0.690. The third-order valence-electron chi connectivity index (χ3n) is 5.25. The molecule has 0 spiro atoms. The van der Waals surface area contributed by atoms with Crippen LogP contribution in [0.4, 0.5) is 0 Å². The van der Waals surface area contributed by atoms with E-state index in [9.17, 15) is 15.0 Å². The number of unbranched alkanes of at least 4 members (excludes halogenated alkanes) is 13. The highest BCUT2D eigenvalue weighted by Gasteiger charge is 2.32. The van der Waals surface area contributed by atoms with E-state index >= 15 is 0 Å². The van der Waals surface area contributed by atoms with Crippen LogP contribution in [-0.2, 0) is 9.68 Å². The van der Waals surface area contributed by atoms with Gasteiger partial charge < -0.3 is 20.2 Å². The first-order valence-electron chi connectivity index (χ1n) is 10.9. The molecule has 3 atom stereocenters. The number of hydrogen-bond donors (Lipinski definition) is 4. The highest BCUT2D eigenvalue weighted by Crippen LogP contribution is 2.19. The zero-order valence-electron chi connectivity index (χ0n) is 17.2. The SMILES string of the molecule is CCCCCCCCCCCCCCCCC(C(=O)OO)C(O)C(O)CO. The Morgan fingerprint density at radius 1 is 0.778 bits per heavy atom. The van der Waals surface area contributed by atoms with Gasteiger partial charge in [0, 0.05) is 0 Å². The predicted octanol–water partition coefficient (Wildman–Crippen LogP) is 4.20.